The second kappa shape index (κ2) is 6.94. The maximum Gasteiger partial charge on any atom is 0.220 e. The summed E-state index contributed by atoms with van der Waals surface area (Å²) in [5, 5.41) is 11.1. The molecule has 0 bridgehead atoms. The van der Waals surface area contributed by atoms with Gasteiger partial charge in [-0.05, 0) is 12.1 Å². The fourth-order valence-electron chi connectivity index (χ4n) is 1.74. The summed E-state index contributed by atoms with van der Waals surface area (Å²) >= 11 is 0. The molecule has 0 aliphatic rings. The number of nitrogens with one attached hydrogen (secondary N) is 1. The summed E-state index contributed by atoms with van der Waals surface area (Å²) < 4.78 is 31.8. The van der Waals surface area contributed by atoms with Crippen LogP contribution in [0.25, 0.3) is 11.3 Å². The summed E-state index contributed by atoms with van der Waals surface area (Å²) in [7, 11) is 0. The third-order valence-electron chi connectivity index (χ3n) is 2.75. The first-order chi connectivity index (χ1) is 10.1. The molecular weight excluding hydrogens is 282 g/mol. The molecule has 0 unspecified atom stereocenters. The summed E-state index contributed by atoms with van der Waals surface area (Å²) in [5.74, 6) is -1.18. The van der Waals surface area contributed by atoms with Gasteiger partial charge in [0.2, 0.25) is 5.91 Å². The molecule has 2 N–H and O–H groups in total. The number of hydrogen-bond acceptors (Lipinski definition) is 4. The largest absolute Gasteiger partial charge is 0.441 e. The molecule has 1 amide bonds. The fourth-order valence-corrected chi connectivity index (χ4v) is 1.74. The van der Waals surface area contributed by atoms with E-state index in [2.05, 4.69) is 10.3 Å². The minimum absolute atomic E-state index is 0.111. The number of amides is 1. The molecule has 0 saturated heterocycles. The number of benzene rings is 1. The lowest BCUT2D eigenvalue weighted by Crippen LogP contribution is -2.26. The summed E-state index contributed by atoms with van der Waals surface area (Å²) in [6.45, 7) is 0.0647. The third-order valence-corrected chi connectivity index (χ3v) is 2.75. The zero-order valence-corrected chi connectivity index (χ0v) is 11.1. The smallest absolute Gasteiger partial charge is 0.220 e. The number of aryl methyl sites for hydroxylation is 1. The van der Waals surface area contributed by atoms with Crippen LogP contribution < -0.4 is 5.32 Å². The maximum absolute atomic E-state index is 13.6. The van der Waals surface area contributed by atoms with Crippen molar-refractivity contribution in [2.75, 3.05) is 13.2 Å². The van der Waals surface area contributed by atoms with Gasteiger partial charge in [0.05, 0.1) is 18.4 Å². The maximum atomic E-state index is 13.6. The Morgan fingerprint density at radius 3 is 2.90 bits per heavy atom. The predicted octanol–water partition coefficient (Wildman–Crippen LogP) is 1.66. The number of carbonyl (C=O) groups excluding carboxylic acids is 1. The highest BCUT2D eigenvalue weighted by atomic mass is 19.1. The second-order valence-corrected chi connectivity index (χ2v) is 4.32. The Kier molecular flexibility index (Phi) is 4.99. The van der Waals surface area contributed by atoms with Crippen LogP contribution in [-0.2, 0) is 11.2 Å². The van der Waals surface area contributed by atoms with Gasteiger partial charge in [0.25, 0.3) is 0 Å². The molecule has 0 fully saturated rings. The van der Waals surface area contributed by atoms with E-state index in [1.54, 1.807) is 0 Å². The van der Waals surface area contributed by atoms with Gasteiger partial charge < -0.3 is 14.8 Å². The van der Waals surface area contributed by atoms with Crippen molar-refractivity contribution in [3.8, 4) is 11.3 Å². The average molecular weight is 296 g/mol. The molecule has 1 aromatic carbocycles. The molecule has 112 valence electrons. The molecule has 0 radical (unpaired) electrons. The van der Waals surface area contributed by atoms with Gasteiger partial charge in [-0.1, -0.05) is 0 Å². The zero-order chi connectivity index (χ0) is 15.2. The lowest BCUT2D eigenvalue weighted by Gasteiger charge is -2.01. The van der Waals surface area contributed by atoms with Gasteiger partial charge in [0.1, 0.15) is 11.6 Å². The zero-order valence-electron chi connectivity index (χ0n) is 11.1. The molecule has 0 atom stereocenters. The number of halogens is 2. The summed E-state index contributed by atoms with van der Waals surface area (Å²) in [6.07, 6.45) is 1.73. The first kappa shape index (κ1) is 15.1. The van der Waals surface area contributed by atoms with E-state index in [0.717, 1.165) is 12.1 Å². The molecule has 21 heavy (non-hydrogen) atoms. The number of carbonyl (C=O) groups is 1. The van der Waals surface area contributed by atoms with Crippen molar-refractivity contribution in [1.29, 1.82) is 0 Å². The van der Waals surface area contributed by atoms with E-state index >= 15 is 0 Å². The standard InChI is InChI=1S/C14H14F2N2O3/c15-9-1-2-10(11(16)7-9)12-8-18-14(21-12)4-3-13(20)17-5-6-19/h1-2,7-8,19H,3-6H2,(H,17,20). The lowest BCUT2D eigenvalue weighted by molar-refractivity contribution is -0.121. The van der Waals surface area contributed by atoms with Crippen molar-refractivity contribution < 1.29 is 23.1 Å². The number of aliphatic hydroxyl groups is 1. The van der Waals surface area contributed by atoms with Gasteiger partial charge >= 0.3 is 0 Å². The van der Waals surface area contributed by atoms with E-state index in [9.17, 15) is 13.6 Å². The number of nitrogens with zero attached hydrogens (tertiary/aromatic N) is 1. The Labute approximate surface area is 119 Å². The summed E-state index contributed by atoms with van der Waals surface area (Å²) in [4.78, 5) is 15.3. The van der Waals surface area contributed by atoms with Crippen molar-refractivity contribution in [3.63, 3.8) is 0 Å². The van der Waals surface area contributed by atoms with Crippen molar-refractivity contribution in [2.24, 2.45) is 0 Å². The SMILES string of the molecule is O=C(CCc1ncc(-c2ccc(F)cc2F)o1)NCCO. The number of aliphatic hydroxyl groups excluding tert-OH is 1. The molecule has 2 aromatic rings. The summed E-state index contributed by atoms with van der Waals surface area (Å²) in [5.41, 5.74) is 0.111. The lowest BCUT2D eigenvalue weighted by atomic mass is 10.2. The number of hydrogen-bond donors (Lipinski definition) is 2. The van der Waals surface area contributed by atoms with Crippen LogP contribution in [0.15, 0.2) is 28.8 Å². The van der Waals surface area contributed by atoms with Crippen molar-refractivity contribution in [3.05, 3.63) is 41.9 Å². The Morgan fingerprint density at radius 2 is 2.19 bits per heavy atom. The predicted molar refractivity (Wildman–Crippen MR) is 70.3 cm³/mol. The first-order valence-electron chi connectivity index (χ1n) is 6.38. The third kappa shape index (κ3) is 4.09. The van der Waals surface area contributed by atoms with Crippen LogP contribution in [0.1, 0.15) is 12.3 Å². The highest BCUT2D eigenvalue weighted by Gasteiger charge is 2.12. The van der Waals surface area contributed by atoms with Crippen molar-refractivity contribution in [2.45, 2.75) is 12.8 Å². The van der Waals surface area contributed by atoms with Crippen molar-refractivity contribution >= 4 is 5.91 Å². The van der Waals surface area contributed by atoms with Crippen LogP contribution in [0.3, 0.4) is 0 Å². The molecule has 0 spiro atoms. The van der Waals surface area contributed by atoms with E-state index in [0.29, 0.717) is 0 Å². The van der Waals surface area contributed by atoms with Gasteiger partial charge in [-0.3, -0.25) is 4.79 Å². The number of oxazole rings is 1. The van der Waals surface area contributed by atoms with Crippen LogP contribution in [0.5, 0.6) is 0 Å². The van der Waals surface area contributed by atoms with Gasteiger partial charge in [-0.15, -0.1) is 0 Å². The van der Waals surface area contributed by atoms with Gasteiger partial charge in [0.15, 0.2) is 11.7 Å². The van der Waals surface area contributed by atoms with E-state index < -0.39 is 11.6 Å². The highest BCUT2D eigenvalue weighted by molar-refractivity contribution is 5.76. The van der Waals surface area contributed by atoms with Gasteiger partial charge in [-0.2, -0.15) is 0 Å². The molecule has 5 nitrogen and oxygen atoms in total. The molecule has 1 heterocycles. The Hall–Kier alpha value is -2.28. The van der Waals surface area contributed by atoms with E-state index in [4.69, 9.17) is 9.52 Å². The number of aromatic nitrogens is 1. The van der Waals surface area contributed by atoms with E-state index in [1.807, 2.05) is 0 Å². The molecule has 1 aromatic heterocycles. The Bertz CT molecular complexity index is 628. The van der Waals surface area contributed by atoms with Crippen LogP contribution in [0.4, 0.5) is 8.78 Å². The monoisotopic (exact) mass is 296 g/mol. The molecule has 0 aliphatic carbocycles. The average Bonchev–Trinajstić information content (AvgIpc) is 2.91. The topological polar surface area (TPSA) is 75.4 Å². The van der Waals surface area contributed by atoms with Crippen LogP contribution >= 0.6 is 0 Å². The quantitative estimate of drug-likeness (QED) is 0.850. The molecule has 0 aliphatic heterocycles. The number of rotatable bonds is 6. The first-order valence-corrected chi connectivity index (χ1v) is 6.38. The molecule has 0 saturated carbocycles. The van der Waals surface area contributed by atoms with Crippen LogP contribution in [0, 0.1) is 11.6 Å². The fraction of sp³-hybridized carbons (Fsp3) is 0.286. The van der Waals surface area contributed by atoms with Crippen LogP contribution in [0.2, 0.25) is 0 Å². The van der Waals surface area contributed by atoms with E-state index in [1.165, 1.54) is 12.3 Å². The minimum Gasteiger partial charge on any atom is -0.441 e. The second-order valence-electron chi connectivity index (χ2n) is 4.32. The normalized spacial score (nSPS) is 10.6. The van der Waals surface area contributed by atoms with Gasteiger partial charge in [-0.25, -0.2) is 13.8 Å². The molecular formula is C14H14F2N2O3. The summed E-state index contributed by atoms with van der Waals surface area (Å²) in [6, 6.07) is 3.16. The van der Waals surface area contributed by atoms with Gasteiger partial charge in [0, 0.05) is 25.5 Å². The highest BCUT2D eigenvalue weighted by Crippen LogP contribution is 2.24. The molecule has 7 heteroatoms. The van der Waals surface area contributed by atoms with Crippen LogP contribution in [-0.4, -0.2) is 29.1 Å². The van der Waals surface area contributed by atoms with E-state index in [-0.39, 0.29) is 49.1 Å². The Balaban J connectivity index is 1.99. The minimum atomic E-state index is -0.738. The Morgan fingerprint density at radius 1 is 1.38 bits per heavy atom. The molecule has 2 rings (SSSR count). The van der Waals surface area contributed by atoms with Crippen molar-refractivity contribution in [1.82, 2.24) is 10.3 Å².